The Morgan fingerprint density at radius 3 is 2.50 bits per heavy atom. The number of unbranched alkanes of at least 4 members (excludes halogenated alkanes) is 4. The SMILES string of the molecule is CCCCCCC1=CCC(C2(CCCC)C(F)=CC=CC2F)C=C1. The van der Waals surface area contributed by atoms with Gasteiger partial charge in [0.25, 0.3) is 0 Å². The summed E-state index contributed by atoms with van der Waals surface area (Å²) in [6.07, 6.45) is 18.9. The van der Waals surface area contributed by atoms with Crippen molar-refractivity contribution < 1.29 is 8.78 Å². The molecule has 0 aromatic rings. The molecule has 134 valence electrons. The zero-order valence-corrected chi connectivity index (χ0v) is 15.2. The molecule has 2 aliphatic carbocycles. The third-order valence-electron chi connectivity index (χ3n) is 5.56. The highest BCUT2D eigenvalue weighted by Gasteiger charge is 2.48. The third-order valence-corrected chi connectivity index (χ3v) is 5.56. The molecular weight excluding hydrogens is 302 g/mol. The van der Waals surface area contributed by atoms with E-state index in [2.05, 4.69) is 32.1 Å². The smallest absolute Gasteiger partial charge is 0.131 e. The number of hydrogen-bond acceptors (Lipinski definition) is 0. The molecule has 0 saturated carbocycles. The molecule has 0 N–H and O–H groups in total. The minimum absolute atomic E-state index is 0.0837. The van der Waals surface area contributed by atoms with Crippen LogP contribution in [-0.4, -0.2) is 6.17 Å². The fourth-order valence-corrected chi connectivity index (χ4v) is 3.98. The van der Waals surface area contributed by atoms with E-state index >= 15 is 0 Å². The van der Waals surface area contributed by atoms with Crippen molar-refractivity contribution in [2.24, 2.45) is 11.3 Å². The molecule has 2 rings (SSSR count). The van der Waals surface area contributed by atoms with Gasteiger partial charge in [-0.15, -0.1) is 0 Å². The first-order valence-electron chi connectivity index (χ1n) is 9.71. The topological polar surface area (TPSA) is 0 Å². The summed E-state index contributed by atoms with van der Waals surface area (Å²) < 4.78 is 29.6. The Balaban J connectivity index is 2.05. The Morgan fingerprint density at radius 1 is 1.08 bits per heavy atom. The Morgan fingerprint density at radius 2 is 1.88 bits per heavy atom. The van der Waals surface area contributed by atoms with Crippen molar-refractivity contribution in [3.8, 4) is 0 Å². The van der Waals surface area contributed by atoms with Crippen LogP contribution in [0, 0.1) is 11.3 Å². The second kappa shape index (κ2) is 9.34. The number of hydrogen-bond donors (Lipinski definition) is 0. The van der Waals surface area contributed by atoms with Crippen LogP contribution >= 0.6 is 0 Å². The minimum Gasteiger partial charge on any atom is -0.242 e. The monoisotopic (exact) mass is 334 g/mol. The highest BCUT2D eigenvalue weighted by atomic mass is 19.1. The summed E-state index contributed by atoms with van der Waals surface area (Å²) >= 11 is 0. The van der Waals surface area contributed by atoms with Crippen LogP contribution in [0.25, 0.3) is 0 Å². The number of halogens is 2. The van der Waals surface area contributed by atoms with Gasteiger partial charge >= 0.3 is 0 Å². The molecule has 2 aliphatic rings. The Labute approximate surface area is 146 Å². The Bertz CT molecular complexity index is 512. The second-order valence-electron chi connectivity index (χ2n) is 7.24. The lowest BCUT2D eigenvalue weighted by Crippen LogP contribution is -2.40. The predicted octanol–water partition coefficient (Wildman–Crippen LogP) is 7.40. The van der Waals surface area contributed by atoms with Gasteiger partial charge in [0.15, 0.2) is 0 Å². The van der Waals surface area contributed by atoms with Gasteiger partial charge in [0, 0.05) is 0 Å². The standard InChI is InChI=1S/C22H32F2/c1-3-5-7-8-10-18-13-15-19(16-14-18)22(17-6-4-2)20(23)11-9-12-21(22)24/h9,11-15,19-20H,3-8,10,16-17H2,1-2H3. The van der Waals surface area contributed by atoms with Crippen molar-refractivity contribution in [3.05, 3.63) is 47.9 Å². The van der Waals surface area contributed by atoms with Crippen molar-refractivity contribution in [2.45, 2.75) is 77.8 Å². The van der Waals surface area contributed by atoms with Crippen LogP contribution in [0.5, 0.6) is 0 Å². The summed E-state index contributed by atoms with van der Waals surface area (Å²) in [7, 11) is 0. The van der Waals surface area contributed by atoms with Crippen molar-refractivity contribution in [1.82, 2.24) is 0 Å². The largest absolute Gasteiger partial charge is 0.242 e. The van der Waals surface area contributed by atoms with E-state index in [0.717, 1.165) is 25.7 Å². The number of allylic oxidation sites excluding steroid dienone is 8. The lowest BCUT2D eigenvalue weighted by molar-refractivity contribution is 0.0867. The fourth-order valence-electron chi connectivity index (χ4n) is 3.98. The first-order valence-corrected chi connectivity index (χ1v) is 9.71. The quantitative estimate of drug-likeness (QED) is 0.385. The van der Waals surface area contributed by atoms with Gasteiger partial charge in [-0.2, -0.15) is 0 Å². The van der Waals surface area contributed by atoms with Crippen LogP contribution < -0.4 is 0 Å². The van der Waals surface area contributed by atoms with Crippen LogP contribution in [0.4, 0.5) is 8.78 Å². The van der Waals surface area contributed by atoms with Gasteiger partial charge in [-0.05, 0) is 43.8 Å². The maximum absolute atomic E-state index is 14.8. The van der Waals surface area contributed by atoms with Gasteiger partial charge in [-0.3, -0.25) is 0 Å². The molecule has 3 atom stereocenters. The van der Waals surface area contributed by atoms with Crippen molar-refractivity contribution >= 4 is 0 Å². The lowest BCUT2D eigenvalue weighted by atomic mass is 9.64. The summed E-state index contributed by atoms with van der Waals surface area (Å²) in [5.74, 6) is -0.361. The van der Waals surface area contributed by atoms with Gasteiger partial charge in [-0.1, -0.05) is 75.8 Å². The van der Waals surface area contributed by atoms with Crippen LogP contribution in [0.1, 0.15) is 71.6 Å². The average molecular weight is 334 g/mol. The van der Waals surface area contributed by atoms with Crippen molar-refractivity contribution in [3.63, 3.8) is 0 Å². The van der Waals surface area contributed by atoms with E-state index < -0.39 is 11.6 Å². The molecule has 0 heterocycles. The van der Waals surface area contributed by atoms with Crippen LogP contribution in [-0.2, 0) is 0 Å². The first-order chi connectivity index (χ1) is 11.6. The summed E-state index contributed by atoms with van der Waals surface area (Å²) in [5.41, 5.74) is 0.338. The molecule has 24 heavy (non-hydrogen) atoms. The van der Waals surface area contributed by atoms with Crippen LogP contribution in [0.2, 0.25) is 0 Å². The van der Waals surface area contributed by atoms with E-state index in [4.69, 9.17) is 0 Å². The summed E-state index contributed by atoms with van der Waals surface area (Å²) in [4.78, 5) is 0. The van der Waals surface area contributed by atoms with E-state index in [1.807, 2.05) is 0 Å². The van der Waals surface area contributed by atoms with E-state index in [-0.39, 0.29) is 11.7 Å². The fraction of sp³-hybridized carbons (Fsp3) is 0.636. The molecule has 0 fully saturated rings. The maximum atomic E-state index is 14.8. The molecule has 0 nitrogen and oxygen atoms in total. The van der Waals surface area contributed by atoms with E-state index in [0.29, 0.717) is 6.42 Å². The average Bonchev–Trinajstić information content (AvgIpc) is 2.60. The zero-order valence-electron chi connectivity index (χ0n) is 15.2. The van der Waals surface area contributed by atoms with Gasteiger partial charge in [0.2, 0.25) is 0 Å². The molecule has 0 spiro atoms. The van der Waals surface area contributed by atoms with Crippen molar-refractivity contribution in [1.29, 1.82) is 0 Å². The molecule has 0 radical (unpaired) electrons. The molecule has 0 aromatic carbocycles. The minimum atomic E-state index is -1.23. The molecule has 0 aliphatic heterocycles. The Kier molecular flexibility index (Phi) is 7.45. The van der Waals surface area contributed by atoms with Crippen LogP contribution in [0.15, 0.2) is 47.9 Å². The maximum Gasteiger partial charge on any atom is 0.131 e. The normalized spacial score (nSPS) is 29.5. The van der Waals surface area contributed by atoms with Gasteiger partial charge in [0.1, 0.15) is 12.0 Å². The highest BCUT2D eigenvalue weighted by Crippen LogP contribution is 2.51. The Hall–Kier alpha value is -1.18. The molecule has 2 heteroatoms. The van der Waals surface area contributed by atoms with Gasteiger partial charge < -0.3 is 0 Å². The van der Waals surface area contributed by atoms with E-state index in [1.54, 1.807) is 0 Å². The molecular formula is C22H32F2. The molecule has 0 bridgehead atoms. The first kappa shape index (κ1) is 19.1. The van der Waals surface area contributed by atoms with Crippen molar-refractivity contribution in [2.75, 3.05) is 0 Å². The second-order valence-corrected chi connectivity index (χ2v) is 7.24. The molecule has 0 amide bonds. The molecule has 0 aromatic heterocycles. The van der Waals surface area contributed by atoms with Gasteiger partial charge in [-0.25, -0.2) is 8.78 Å². The lowest BCUT2D eigenvalue weighted by Gasteiger charge is -2.42. The molecule has 3 unspecified atom stereocenters. The third kappa shape index (κ3) is 4.26. The van der Waals surface area contributed by atoms with E-state index in [9.17, 15) is 8.78 Å². The summed E-state index contributed by atoms with van der Waals surface area (Å²) in [5, 5.41) is 0. The van der Waals surface area contributed by atoms with E-state index in [1.165, 1.54) is 49.5 Å². The number of rotatable bonds is 9. The highest BCUT2D eigenvalue weighted by molar-refractivity contribution is 5.33. The summed E-state index contributed by atoms with van der Waals surface area (Å²) in [6.45, 7) is 4.29. The number of alkyl halides is 1. The molecule has 0 saturated heterocycles. The zero-order chi connectivity index (χ0) is 17.4. The predicted molar refractivity (Wildman–Crippen MR) is 99.3 cm³/mol. The van der Waals surface area contributed by atoms with Crippen LogP contribution in [0.3, 0.4) is 0 Å². The van der Waals surface area contributed by atoms with Gasteiger partial charge in [0.05, 0.1) is 5.41 Å². The summed E-state index contributed by atoms with van der Waals surface area (Å²) in [6, 6.07) is 0.